The van der Waals surface area contributed by atoms with Crippen molar-refractivity contribution < 1.29 is 45.2 Å². The first kappa shape index (κ1) is 31.5. The van der Waals surface area contributed by atoms with Gasteiger partial charge >= 0.3 is 0 Å². The normalized spacial score (nSPS) is 19.0. The molecule has 0 saturated heterocycles. The molecule has 0 spiro atoms. The van der Waals surface area contributed by atoms with E-state index in [0.717, 1.165) is 27.8 Å². The first-order valence-electron chi connectivity index (χ1n) is 16.3. The summed E-state index contributed by atoms with van der Waals surface area (Å²) in [4.78, 5) is 0. The lowest BCUT2D eigenvalue weighted by molar-refractivity contribution is 0.212. The first-order valence-corrected chi connectivity index (χ1v) is 16.3. The second kappa shape index (κ2) is 12.3. The quantitative estimate of drug-likeness (QED) is 0.0858. The van der Waals surface area contributed by atoms with E-state index in [0.29, 0.717) is 28.2 Å². The van der Waals surface area contributed by atoms with E-state index in [4.69, 9.17) is 9.47 Å². The largest absolute Gasteiger partial charge is 0.508 e. The van der Waals surface area contributed by atoms with E-state index in [1.807, 2.05) is 18.2 Å². The smallest absolute Gasteiger partial charge is 0.135 e. The predicted octanol–water partition coefficient (Wildman–Crippen LogP) is 8.33. The maximum Gasteiger partial charge on any atom is 0.135 e. The number of benzene rings is 6. The van der Waals surface area contributed by atoms with E-state index in [-0.39, 0.29) is 40.2 Å². The van der Waals surface area contributed by atoms with Crippen molar-refractivity contribution in [2.45, 2.75) is 24.0 Å². The zero-order valence-corrected chi connectivity index (χ0v) is 26.9. The summed E-state index contributed by atoms with van der Waals surface area (Å²) < 4.78 is 13.5. The summed E-state index contributed by atoms with van der Waals surface area (Å²) >= 11 is 0. The van der Waals surface area contributed by atoms with Gasteiger partial charge in [0.25, 0.3) is 0 Å². The molecule has 254 valence electrons. The maximum absolute atomic E-state index is 10.7. The van der Waals surface area contributed by atoms with E-state index in [2.05, 4.69) is 0 Å². The lowest BCUT2D eigenvalue weighted by atomic mass is 9.77. The molecule has 0 saturated carbocycles. The minimum atomic E-state index is -0.652. The van der Waals surface area contributed by atoms with Crippen LogP contribution in [0.15, 0.2) is 115 Å². The molecule has 0 radical (unpaired) electrons. The summed E-state index contributed by atoms with van der Waals surface area (Å²) in [7, 11) is 0. The lowest BCUT2D eigenvalue weighted by Gasteiger charge is -2.24. The van der Waals surface area contributed by atoms with Crippen LogP contribution in [0.2, 0.25) is 0 Å². The highest BCUT2D eigenvalue weighted by Gasteiger charge is 2.45. The molecular weight excluding hydrogens is 648 g/mol. The molecule has 9 heteroatoms. The highest BCUT2D eigenvalue weighted by molar-refractivity contribution is 5.80. The Morgan fingerprint density at radius 1 is 0.373 bits per heavy atom. The molecule has 9 nitrogen and oxygen atoms in total. The van der Waals surface area contributed by atoms with E-state index in [1.165, 1.54) is 12.1 Å². The number of hydrogen-bond acceptors (Lipinski definition) is 9. The highest BCUT2D eigenvalue weighted by Crippen LogP contribution is 2.60. The van der Waals surface area contributed by atoms with Crippen molar-refractivity contribution in [1.29, 1.82) is 0 Å². The van der Waals surface area contributed by atoms with Crippen LogP contribution < -0.4 is 9.47 Å². The molecule has 8 rings (SSSR count). The van der Waals surface area contributed by atoms with E-state index >= 15 is 0 Å². The number of aromatic hydroxyl groups is 7. The second-order valence-electron chi connectivity index (χ2n) is 12.8. The van der Waals surface area contributed by atoms with Crippen molar-refractivity contribution in [3.63, 3.8) is 0 Å². The van der Waals surface area contributed by atoms with E-state index in [9.17, 15) is 35.7 Å². The van der Waals surface area contributed by atoms with Crippen molar-refractivity contribution in [3.05, 3.63) is 160 Å². The summed E-state index contributed by atoms with van der Waals surface area (Å²) in [5.41, 5.74) is 5.59. The fourth-order valence-electron chi connectivity index (χ4n) is 7.31. The van der Waals surface area contributed by atoms with Gasteiger partial charge in [-0.25, -0.2) is 0 Å². The van der Waals surface area contributed by atoms with Crippen LogP contribution in [0.1, 0.15) is 68.6 Å². The Hall–Kier alpha value is -6.74. The van der Waals surface area contributed by atoms with E-state index in [1.54, 1.807) is 97.1 Å². The van der Waals surface area contributed by atoms with Crippen molar-refractivity contribution in [2.24, 2.45) is 0 Å². The average Bonchev–Trinajstić information content (AvgIpc) is 3.66. The lowest BCUT2D eigenvalue weighted by Crippen LogP contribution is -2.14. The minimum Gasteiger partial charge on any atom is -0.508 e. The molecule has 6 aromatic carbocycles. The number of phenols is 7. The van der Waals surface area contributed by atoms with E-state index < -0.39 is 24.0 Å². The zero-order chi connectivity index (χ0) is 35.4. The maximum atomic E-state index is 10.7. The number of ether oxygens (including phenoxy) is 2. The number of phenolic OH excluding ortho intramolecular Hbond substituents is 7. The Kier molecular flexibility index (Phi) is 7.60. The van der Waals surface area contributed by atoms with Crippen LogP contribution in [0.25, 0.3) is 12.2 Å². The van der Waals surface area contributed by atoms with Crippen LogP contribution in [-0.2, 0) is 0 Å². The van der Waals surface area contributed by atoms with Gasteiger partial charge in [0.2, 0.25) is 0 Å². The fourth-order valence-corrected chi connectivity index (χ4v) is 7.31. The van der Waals surface area contributed by atoms with Crippen molar-refractivity contribution in [3.8, 4) is 51.7 Å². The van der Waals surface area contributed by atoms with Crippen LogP contribution >= 0.6 is 0 Å². The summed E-state index contributed by atoms with van der Waals surface area (Å²) in [6.07, 6.45) is 2.52. The first-order chi connectivity index (χ1) is 24.6. The van der Waals surface area contributed by atoms with Gasteiger partial charge in [0, 0.05) is 29.3 Å². The molecule has 0 bridgehead atoms. The van der Waals surface area contributed by atoms with Crippen molar-refractivity contribution in [1.82, 2.24) is 0 Å². The van der Waals surface area contributed by atoms with Crippen LogP contribution in [-0.4, -0.2) is 35.7 Å². The summed E-state index contributed by atoms with van der Waals surface area (Å²) in [6, 6.07) is 30.7. The molecule has 4 atom stereocenters. The molecule has 2 heterocycles. The zero-order valence-electron chi connectivity index (χ0n) is 26.9. The topological polar surface area (TPSA) is 160 Å². The molecule has 0 fully saturated rings. The number of hydrogen-bond donors (Lipinski definition) is 7. The Labute approximate surface area is 292 Å². The second-order valence-corrected chi connectivity index (χ2v) is 12.8. The Balaban J connectivity index is 1.42. The van der Waals surface area contributed by atoms with Gasteiger partial charge in [0.05, 0.1) is 11.8 Å². The standard InChI is InChI=1S/C42H32O9/c43-27-8-1-22(2-9-27)3-14-34-39-35(50-41(23-4-10-28(44)11-5-23)37(39)25-15-30(46)19-31(47)16-25)21-36-40(34)38(26-17-32(48)20-33(49)18-26)42(51-36)24-6-12-29(45)13-7-24/h1-21,37-38,41-49H/b14-3+/t37-,38+,41-,42-/m1/s1. The molecule has 0 amide bonds. The molecule has 0 aromatic heterocycles. The summed E-state index contributed by atoms with van der Waals surface area (Å²) in [5, 5.41) is 72.8. The van der Waals surface area contributed by atoms with Crippen molar-refractivity contribution in [2.75, 3.05) is 0 Å². The van der Waals surface area contributed by atoms with Gasteiger partial charge in [-0.15, -0.1) is 0 Å². The molecule has 6 aromatic rings. The van der Waals surface area contributed by atoms with Gasteiger partial charge in [0.15, 0.2) is 0 Å². The highest BCUT2D eigenvalue weighted by atomic mass is 16.5. The monoisotopic (exact) mass is 680 g/mol. The Morgan fingerprint density at radius 3 is 1.14 bits per heavy atom. The predicted molar refractivity (Wildman–Crippen MR) is 190 cm³/mol. The fraction of sp³-hybridized carbons (Fsp3) is 0.0952. The Bertz CT molecular complexity index is 2120. The molecule has 2 aliphatic rings. The third kappa shape index (κ3) is 5.84. The van der Waals surface area contributed by atoms with Crippen LogP contribution in [0, 0.1) is 0 Å². The molecule has 7 N–H and O–H groups in total. The van der Waals surface area contributed by atoms with Crippen molar-refractivity contribution >= 4 is 12.2 Å². The molecule has 0 unspecified atom stereocenters. The minimum absolute atomic E-state index is 0.0863. The van der Waals surface area contributed by atoms with Gasteiger partial charge in [-0.1, -0.05) is 48.6 Å². The third-order valence-corrected chi connectivity index (χ3v) is 9.46. The Morgan fingerprint density at radius 2 is 0.745 bits per heavy atom. The summed E-state index contributed by atoms with van der Waals surface area (Å²) in [5.74, 6) is -0.409. The third-order valence-electron chi connectivity index (χ3n) is 9.46. The van der Waals surface area contributed by atoms with Gasteiger partial charge < -0.3 is 45.2 Å². The number of fused-ring (bicyclic) bond motifs is 2. The molecule has 2 aliphatic heterocycles. The average molecular weight is 681 g/mol. The van der Waals surface area contributed by atoms with Gasteiger partial charge in [-0.2, -0.15) is 0 Å². The van der Waals surface area contributed by atoms with Crippen LogP contribution in [0.4, 0.5) is 0 Å². The molecule has 0 aliphatic carbocycles. The van der Waals surface area contributed by atoms with Crippen LogP contribution in [0.5, 0.6) is 51.7 Å². The van der Waals surface area contributed by atoms with Gasteiger partial charge in [-0.3, -0.25) is 0 Å². The molecule has 51 heavy (non-hydrogen) atoms. The number of rotatable bonds is 6. The van der Waals surface area contributed by atoms with Gasteiger partial charge in [-0.05, 0) is 94.0 Å². The SMILES string of the molecule is Oc1ccc(/C=C/c2c3c(cc4c2[C@H](c2cc(O)cc(O)c2)[C@@H](c2ccc(O)cc2)O4)O[C@H](c2ccc(O)cc2)[C@@H]3c2cc(O)cc(O)c2)cc1. The molecular formula is C42H32O9. The summed E-state index contributed by atoms with van der Waals surface area (Å²) in [6.45, 7) is 0. The van der Waals surface area contributed by atoms with Crippen LogP contribution in [0.3, 0.4) is 0 Å². The van der Waals surface area contributed by atoms with Gasteiger partial charge in [0.1, 0.15) is 64.0 Å².